The van der Waals surface area contributed by atoms with Gasteiger partial charge in [-0.05, 0) is 24.1 Å². The van der Waals surface area contributed by atoms with Gasteiger partial charge in [-0.3, -0.25) is 9.80 Å². The SMILES string of the molecule is Cc1cccc(C2c3ccccc3C=NN2C=CC=O)c1. The Morgan fingerprint density at radius 2 is 2.00 bits per heavy atom. The van der Waals surface area contributed by atoms with E-state index in [-0.39, 0.29) is 6.04 Å². The Kier molecular flexibility index (Phi) is 3.65. The van der Waals surface area contributed by atoms with Crippen LogP contribution in [0, 0.1) is 6.92 Å². The summed E-state index contributed by atoms with van der Waals surface area (Å²) < 4.78 is 0. The molecule has 1 aliphatic rings. The highest BCUT2D eigenvalue weighted by Crippen LogP contribution is 2.34. The van der Waals surface area contributed by atoms with Crippen molar-refractivity contribution >= 4 is 12.5 Å². The minimum absolute atomic E-state index is 0.0118. The van der Waals surface area contributed by atoms with Crippen LogP contribution in [0.1, 0.15) is 28.3 Å². The fraction of sp³-hybridized carbons (Fsp3) is 0.111. The first-order valence-electron chi connectivity index (χ1n) is 6.89. The predicted octanol–water partition coefficient (Wildman–Crippen LogP) is 3.45. The molecular weight excluding hydrogens is 260 g/mol. The minimum Gasteiger partial charge on any atom is -0.299 e. The lowest BCUT2D eigenvalue weighted by Gasteiger charge is -2.31. The van der Waals surface area contributed by atoms with Crippen molar-refractivity contribution in [3.05, 3.63) is 83.1 Å². The van der Waals surface area contributed by atoms with Crippen LogP contribution in [0.25, 0.3) is 0 Å². The normalized spacial score (nSPS) is 17.0. The number of allylic oxidation sites excluding steroid dienone is 1. The van der Waals surface area contributed by atoms with Crippen LogP contribution >= 0.6 is 0 Å². The van der Waals surface area contributed by atoms with Gasteiger partial charge in [-0.2, -0.15) is 5.10 Å². The Morgan fingerprint density at radius 1 is 1.14 bits per heavy atom. The van der Waals surface area contributed by atoms with Crippen molar-refractivity contribution in [3.8, 4) is 0 Å². The van der Waals surface area contributed by atoms with Gasteiger partial charge in [0.1, 0.15) is 12.3 Å². The maximum Gasteiger partial charge on any atom is 0.144 e. The third kappa shape index (κ3) is 2.63. The van der Waals surface area contributed by atoms with Crippen LogP contribution in [0.4, 0.5) is 0 Å². The molecule has 0 fully saturated rings. The Morgan fingerprint density at radius 3 is 2.81 bits per heavy atom. The van der Waals surface area contributed by atoms with E-state index in [0.717, 1.165) is 17.4 Å². The molecule has 0 aliphatic carbocycles. The zero-order chi connectivity index (χ0) is 14.7. The molecule has 0 spiro atoms. The van der Waals surface area contributed by atoms with Crippen molar-refractivity contribution in [1.82, 2.24) is 5.01 Å². The topological polar surface area (TPSA) is 32.7 Å². The van der Waals surface area contributed by atoms with Gasteiger partial charge < -0.3 is 0 Å². The van der Waals surface area contributed by atoms with E-state index in [2.05, 4.69) is 42.4 Å². The highest BCUT2D eigenvalue weighted by atomic mass is 16.1. The Hall–Kier alpha value is -2.68. The zero-order valence-corrected chi connectivity index (χ0v) is 11.8. The average Bonchev–Trinajstić information content (AvgIpc) is 2.52. The molecule has 0 N–H and O–H groups in total. The standard InChI is InChI=1S/C18H16N2O/c1-14-6-4-8-15(12-14)18-17-9-3-2-7-16(17)13-19-20(18)10-5-11-21/h2-13,18H,1H3. The molecule has 0 amide bonds. The Bertz CT molecular complexity index is 719. The van der Waals surface area contributed by atoms with Crippen molar-refractivity contribution in [2.75, 3.05) is 0 Å². The number of carbonyl (C=O) groups is 1. The molecule has 0 bridgehead atoms. The predicted molar refractivity (Wildman–Crippen MR) is 84.1 cm³/mol. The first-order chi connectivity index (χ1) is 10.3. The van der Waals surface area contributed by atoms with Crippen LogP contribution in [0.3, 0.4) is 0 Å². The number of hydrazone groups is 1. The van der Waals surface area contributed by atoms with Crippen molar-refractivity contribution in [2.24, 2.45) is 5.10 Å². The number of nitrogens with zero attached hydrogens (tertiary/aromatic N) is 2. The first-order valence-corrected chi connectivity index (χ1v) is 6.89. The monoisotopic (exact) mass is 276 g/mol. The number of benzene rings is 2. The van der Waals surface area contributed by atoms with Crippen molar-refractivity contribution in [2.45, 2.75) is 13.0 Å². The van der Waals surface area contributed by atoms with Gasteiger partial charge in [-0.1, -0.05) is 54.1 Å². The molecule has 3 nitrogen and oxygen atoms in total. The van der Waals surface area contributed by atoms with E-state index in [1.807, 2.05) is 29.4 Å². The average molecular weight is 276 g/mol. The summed E-state index contributed by atoms with van der Waals surface area (Å²) in [5.74, 6) is 0. The maximum absolute atomic E-state index is 10.6. The van der Waals surface area contributed by atoms with Crippen molar-refractivity contribution in [1.29, 1.82) is 0 Å². The molecule has 104 valence electrons. The van der Waals surface area contributed by atoms with Gasteiger partial charge in [-0.25, -0.2) is 0 Å². The Balaban J connectivity index is 2.12. The van der Waals surface area contributed by atoms with E-state index >= 15 is 0 Å². The lowest BCUT2D eigenvalue weighted by atomic mass is 9.92. The van der Waals surface area contributed by atoms with E-state index in [1.165, 1.54) is 17.2 Å². The number of aldehydes is 1. The smallest absolute Gasteiger partial charge is 0.144 e. The highest BCUT2D eigenvalue weighted by molar-refractivity contribution is 5.83. The quantitative estimate of drug-likeness (QED) is 0.635. The molecule has 2 aromatic carbocycles. The fourth-order valence-corrected chi connectivity index (χ4v) is 2.64. The number of rotatable bonds is 3. The molecule has 0 radical (unpaired) electrons. The third-order valence-electron chi connectivity index (χ3n) is 3.56. The second-order valence-electron chi connectivity index (χ2n) is 5.05. The highest BCUT2D eigenvalue weighted by Gasteiger charge is 2.24. The Labute approximate surface area is 124 Å². The zero-order valence-electron chi connectivity index (χ0n) is 11.8. The molecule has 21 heavy (non-hydrogen) atoms. The first kappa shape index (κ1) is 13.3. The van der Waals surface area contributed by atoms with Gasteiger partial charge in [0.05, 0.1) is 6.21 Å². The van der Waals surface area contributed by atoms with Crippen molar-refractivity contribution < 1.29 is 4.79 Å². The van der Waals surface area contributed by atoms with Crippen LogP contribution < -0.4 is 0 Å². The second kappa shape index (κ2) is 5.75. The van der Waals surface area contributed by atoms with Crippen molar-refractivity contribution in [3.63, 3.8) is 0 Å². The largest absolute Gasteiger partial charge is 0.299 e. The maximum atomic E-state index is 10.6. The molecule has 1 atom stereocenters. The molecular formula is C18H16N2O. The van der Waals surface area contributed by atoms with Gasteiger partial charge in [0.25, 0.3) is 0 Å². The molecule has 3 heteroatoms. The fourth-order valence-electron chi connectivity index (χ4n) is 2.64. The van der Waals surface area contributed by atoms with Gasteiger partial charge in [0.2, 0.25) is 0 Å². The van der Waals surface area contributed by atoms with Crippen LogP contribution in [0.5, 0.6) is 0 Å². The second-order valence-corrected chi connectivity index (χ2v) is 5.05. The number of hydrogen-bond acceptors (Lipinski definition) is 3. The van der Waals surface area contributed by atoms with E-state index in [0.29, 0.717) is 0 Å². The summed E-state index contributed by atoms with van der Waals surface area (Å²) in [5.41, 5.74) is 4.67. The van der Waals surface area contributed by atoms with Crippen LogP contribution in [-0.2, 0) is 4.79 Å². The molecule has 0 saturated heterocycles. The summed E-state index contributed by atoms with van der Waals surface area (Å²) in [5, 5.41) is 6.28. The van der Waals surface area contributed by atoms with Gasteiger partial charge >= 0.3 is 0 Å². The van der Waals surface area contributed by atoms with Gasteiger partial charge in [0.15, 0.2) is 0 Å². The van der Waals surface area contributed by atoms with E-state index in [9.17, 15) is 4.79 Å². The lowest BCUT2D eigenvalue weighted by molar-refractivity contribution is -0.104. The summed E-state index contributed by atoms with van der Waals surface area (Å²) in [6.45, 7) is 2.08. The summed E-state index contributed by atoms with van der Waals surface area (Å²) in [7, 11) is 0. The van der Waals surface area contributed by atoms with Crippen LogP contribution in [0.2, 0.25) is 0 Å². The summed E-state index contributed by atoms with van der Waals surface area (Å²) in [4.78, 5) is 10.6. The molecule has 2 aromatic rings. The van der Waals surface area contributed by atoms with Gasteiger partial charge in [0, 0.05) is 11.8 Å². The molecule has 1 aliphatic heterocycles. The summed E-state index contributed by atoms with van der Waals surface area (Å²) in [6, 6.07) is 16.6. The summed E-state index contributed by atoms with van der Waals surface area (Å²) >= 11 is 0. The van der Waals surface area contributed by atoms with E-state index in [4.69, 9.17) is 0 Å². The molecule has 3 rings (SSSR count). The number of carbonyl (C=O) groups excluding carboxylic acids is 1. The minimum atomic E-state index is -0.0118. The third-order valence-corrected chi connectivity index (χ3v) is 3.56. The number of aryl methyl sites for hydroxylation is 1. The molecule has 0 saturated carbocycles. The van der Waals surface area contributed by atoms with Crippen LogP contribution in [-0.4, -0.2) is 17.5 Å². The number of fused-ring (bicyclic) bond motifs is 1. The summed E-state index contributed by atoms with van der Waals surface area (Å²) in [6.07, 6.45) is 5.78. The lowest BCUT2D eigenvalue weighted by Crippen LogP contribution is -2.24. The van der Waals surface area contributed by atoms with E-state index < -0.39 is 0 Å². The molecule has 0 aromatic heterocycles. The van der Waals surface area contributed by atoms with Gasteiger partial charge in [-0.15, -0.1) is 0 Å². The van der Waals surface area contributed by atoms with Crippen LogP contribution in [0.15, 0.2) is 65.9 Å². The van der Waals surface area contributed by atoms with E-state index in [1.54, 1.807) is 6.20 Å². The number of hydrogen-bond donors (Lipinski definition) is 0. The molecule has 1 unspecified atom stereocenters. The molecule has 1 heterocycles.